The standard InChI is InChI=1S/C33H54O5.C26H48O5.BCl3/c1-2-3-4-5-6-7-8-9-10-11-12-13-14-15-16-17-21-24-31(34)37-29-33(26-25-32(35)38-33)28-36-27-30-22-19-18-20-23-30;1-2-3-4-5-6-7-8-9-10-11-12-13-14-15-16-17-18-19-24(28)30-23-26(22-27)21-20-25(29)31-26;2-1(3)4/h18-20,22-23H,2-17,21,24-29H2,1H3;27H,2-23H2,1H3;. The zero-order valence-electron chi connectivity index (χ0n) is 46.0. The Morgan fingerprint density at radius 1 is 0.493 bits per heavy atom. The number of aliphatic hydroxyl groups excluding tert-OH is 1. The van der Waals surface area contributed by atoms with Gasteiger partial charge in [-0.2, -0.15) is 34.4 Å². The van der Waals surface area contributed by atoms with Gasteiger partial charge in [0.15, 0.2) is 11.2 Å². The summed E-state index contributed by atoms with van der Waals surface area (Å²) in [5.74, 6) is -1.07. The molecule has 1 aromatic rings. The van der Waals surface area contributed by atoms with Gasteiger partial charge in [-0.1, -0.05) is 250 Å². The first kappa shape index (κ1) is 69.0. The van der Waals surface area contributed by atoms with E-state index in [1.807, 2.05) is 30.3 Å². The summed E-state index contributed by atoms with van der Waals surface area (Å²) in [6.07, 6.45) is 47.1. The minimum atomic E-state index is -1.01. The van der Waals surface area contributed by atoms with E-state index in [0.717, 1.165) is 31.2 Å². The largest absolute Gasteiger partial charge is 0.461 e. The average molecular weight is 1090 g/mol. The Balaban J connectivity index is 0.000000692. The van der Waals surface area contributed by atoms with E-state index in [1.54, 1.807) is 0 Å². The van der Waals surface area contributed by atoms with Crippen LogP contribution in [0.15, 0.2) is 30.3 Å². The van der Waals surface area contributed by atoms with Crippen molar-refractivity contribution in [3.8, 4) is 0 Å². The Hall–Kier alpha value is -2.05. The van der Waals surface area contributed by atoms with Crippen LogP contribution in [0, 0.1) is 0 Å². The molecular weight excluding hydrogens is 986 g/mol. The summed E-state index contributed by atoms with van der Waals surface area (Å²) in [7, 11) is 0. The van der Waals surface area contributed by atoms with E-state index in [2.05, 4.69) is 13.8 Å². The van der Waals surface area contributed by atoms with Crippen molar-refractivity contribution in [2.45, 2.75) is 288 Å². The first-order valence-electron chi connectivity index (χ1n) is 29.4. The van der Waals surface area contributed by atoms with Crippen molar-refractivity contribution < 1.29 is 48.0 Å². The topological polar surface area (TPSA) is 135 Å². The third-order valence-electron chi connectivity index (χ3n) is 14.0. The minimum absolute atomic E-state index is 0.0347. The summed E-state index contributed by atoms with van der Waals surface area (Å²) in [6.45, 7) is 4.96. The van der Waals surface area contributed by atoms with Gasteiger partial charge in [-0.25, -0.2) is 0 Å². The van der Waals surface area contributed by atoms with Crippen LogP contribution in [-0.4, -0.2) is 71.6 Å². The molecule has 1 N–H and O–H groups in total. The zero-order chi connectivity index (χ0) is 53.4. The maximum atomic E-state index is 12.3. The van der Waals surface area contributed by atoms with E-state index in [4.69, 9.17) is 58.1 Å². The molecule has 0 radical (unpaired) electrons. The number of hydrogen-bond donors (Lipinski definition) is 1. The Kier molecular flexibility index (Phi) is 45.7. The lowest BCUT2D eigenvalue weighted by Gasteiger charge is -2.27. The molecule has 0 saturated carbocycles. The number of carbonyl (C=O) groups is 4. The third kappa shape index (κ3) is 41.8. The van der Waals surface area contributed by atoms with Crippen molar-refractivity contribution in [1.29, 1.82) is 0 Å². The van der Waals surface area contributed by atoms with E-state index in [9.17, 15) is 24.3 Å². The molecule has 3 rings (SSSR count). The molecule has 2 saturated heterocycles. The monoisotopic (exact) mass is 1090 g/mol. The molecule has 0 aromatic heterocycles. The minimum Gasteiger partial charge on any atom is -0.461 e. The Morgan fingerprint density at radius 3 is 1.10 bits per heavy atom. The number of unbranched alkanes of at least 4 members (excludes halogenated alkanes) is 32. The van der Waals surface area contributed by atoms with E-state index in [-0.39, 0.29) is 56.7 Å². The first-order valence-corrected chi connectivity index (χ1v) is 30.7. The highest BCUT2D eigenvalue weighted by Gasteiger charge is 2.43. The predicted octanol–water partition coefficient (Wildman–Crippen LogP) is 17.2. The van der Waals surface area contributed by atoms with Crippen LogP contribution in [0.5, 0.6) is 0 Å². The molecule has 0 spiro atoms. The highest BCUT2D eigenvalue weighted by atomic mass is 35.6. The molecule has 0 amide bonds. The second-order valence-electron chi connectivity index (χ2n) is 20.8. The number of rotatable bonds is 45. The third-order valence-corrected chi connectivity index (χ3v) is 14.0. The lowest BCUT2D eigenvalue weighted by Crippen LogP contribution is -2.40. The molecule has 73 heavy (non-hydrogen) atoms. The molecule has 2 fully saturated rings. The quantitative estimate of drug-likeness (QED) is 0.0291. The number of esters is 4. The van der Waals surface area contributed by atoms with Gasteiger partial charge in [0.25, 0.3) is 0 Å². The summed E-state index contributed by atoms with van der Waals surface area (Å²) in [5.41, 5.74) is -0.806. The van der Waals surface area contributed by atoms with Gasteiger partial charge in [0.2, 0.25) is 0 Å². The molecule has 0 bridgehead atoms. The van der Waals surface area contributed by atoms with Gasteiger partial charge in [0.1, 0.15) is 13.2 Å². The van der Waals surface area contributed by atoms with Gasteiger partial charge in [-0.3, -0.25) is 19.2 Å². The molecule has 2 atom stereocenters. The van der Waals surface area contributed by atoms with Crippen LogP contribution in [0.1, 0.15) is 276 Å². The molecule has 10 nitrogen and oxygen atoms in total. The van der Waals surface area contributed by atoms with Crippen LogP contribution in [0.3, 0.4) is 0 Å². The molecule has 14 heteroatoms. The number of aliphatic hydroxyl groups is 1. The number of hydrogen-bond acceptors (Lipinski definition) is 10. The van der Waals surface area contributed by atoms with Gasteiger partial charge >= 0.3 is 28.8 Å². The number of halogens is 3. The Bertz CT molecular complexity index is 1470. The van der Waals surface area contributed by atoms with Crippen molar-refractivity contribution in [2.24, 2.45) is 0 Å². The van der Waals surface area contributed by atoms with Crippen molar-refractivity contribution in [1.82, 2.24) is 0 Å². The summed E-state index contributed by atoms with van der Waals surface area (Å²) >= 11 is 14.4. The summed E-state index contributed by atoms with van der Waals surface area (Å²) in [6, 6.07) is 9.87. The molecule has 2 aliphatic rings. The number of ether oxygens (including phenoxy) is 5. The second kappa shape index (κ2) is 48.3. The van der Waals surface area contributed by atoms with E-state index in [0.29, 0.717) is 38.7 Å². The van der Waals surface area contributed by atoms with Crippen molar-refractivity contribution >= 4 is 63.2 Å². The normalized spacial score (nSPS) is 17.0. The SMILES string of the molecule is CCCCCCCCCCCCCCCCCCCC(=O)OCC1(CO)CCC(=O)O1.CCCCCCCCCCCCCCCCCCCC(=O)OCC1(COCc2ccccc2)CCC(=O)O1.ClB(Cl)Cl. The molecule has 2 heterocycles. The highest BCUT2D eigenvalue weighted by molar-refractivity contribution is 7.54. The lowest BCUT2D eigenvalue weighted by atomic mass is 10.0. The lowest BCUT2D eigenvalue weighted by molar-refractivity contribution is -0.169. The van der Waals surface area contributed by atoms with Crippen LogP contribution in [0.4, 0.5) is 0 Å². The molecule has 1 aromatic carbocycles. The fourth-order valence-electron chi connectivity index (χ4n) is 9.34. The van der Waals surface area contributed by atoms with E-state index >= 15 is 0 Å². The fraction of sp³-hybridized carbons (Fsp3) is 0.831. The Morgan fingerprint density at radius 2 is 0.795 bits per heavy atom. The zero-order valence-corrected chi connectivity index (χ0v) is 48.3. The van der Waals surface area contributed by atoms with Gasteiger partial charge in [0, 0.05) is 38.5 Å². The number of benzene rings is 1. The van der Waals surface area contributed by atoms with Gasteiger partial charge in [0.05, 0.1) is 19.8 Å². The van der Waals surface area contributed by atoms with Crippen LogP contribution >= 0.6 is 34.4 Å². The summed E-state index contributed by atoms with van der Waals surface area (Å²) in [4.78, 5) is 46.4. The first-order chi connectivity index (χ1) is 35.5. The van der Waals surface area contributed by atoms with Crippen LogP contribution < -0.4 is 0 Å². The van der Waals surface area contributed by atoms with Crippen LogP contribution in [0.2, 0.25) is 0 Å². The van der Waals surface area contributed by atoms with E-state index in [1.165, 1.54) is 193 Å². The molecule has 422 valence electrons. The van der Waals surface area contributed by atoms with Gasteiger partial charge < -0.3 is 28.8 Å². The van der Waals surface area contributed by atoms with Crippen molar-refractivity contribution in [3.63, 3.8) is 0 Å². The summed E-state index contributed by atoms with van der Waals surface area (Å²) < 4.78 is 27.2. The van der Waals surface area contributed by atoms with E-state index < -0.39 is 16.2 Å². The van der Waals surface area contributed by atoms with Crippen molar-refractivity contribution in [3.05, 3.63) is 35.9 Å². The molecule has 0 aliphatic carbocycles. The number of carbonyl (C=O) groups excluding carboxylic acids is 4. The van der Waals surface area contributed by atoms with Crippen molar-refractivity contribution in [2.75, 3.05) is 26.4 Å². The Labute approximate surface area is 459 Å². The predicted molar refractivity (Wildman–Crippen MR) is 302 cm³/mol. The highest BCUT2D eigenvalue weighted by Crippen LogP contribution is 2.29. The molecule has 2 aliphatic heterocycles. The van der Waals surface area contributed by atoms with Crippen LogP contribution in [0.25, 0.3) is 0 Å². The van der Waals surface area contributed by atoms with Gasteiger partial charge in [-0.15, -0.1) is 0 Å². The van der Waals surface area contributed by atoms with Crippen LogP contribution in [-0.2, 0) is 49.5 Å². The second-order valence-corrected chi connectivity index (χ2v) is 22.8. The average Bonchev–Trinajstić information content (AvgIpc) is 3.96. The molecule has 2 unspecified atom stereocenters. The maximum absolute atomic E-state index is 12.3. The molecular formula is C59H102BCl3O10. The fourth-order valence-corrected chi connectivity index (χ4v) is 9.34. The number of cyclic esters (lactones) is 2. The maximum Gasteiger partial charge on any atom is 0.450 e. The smallest absolute Gasteiger partial charge is 0.450 e. The summed E-state index contributed by atoms with van der Waals surface area (Å²) in [5, 5.41) is 9.41. The van der Waals surface area contributed by atoms with Gasteiger partial charge in [-0.05, 0) is 18.4 Å².